The third-order valence-electron chi connectivity index (χ3n) is 2.94. The highest BCUT2D eigenvalue weighted by Gasteiger charge is 2.08. The van der Waals surface area contributed by atoms with Crippen LogP contribution in [0.4, 0.5) is 0 Å². The zero-order valence-electron chi connectivity index (χ0n) is 11.4. The number of hydrogen-bond acceptors (Lipinski definition) is 3. The molecule has 0 spiro atoms. The van der Waals surface area contributed by atoms with E-state index in [1.807, 2.05) is 37.4 Å². The van der Waals surface area contributed by atoms with Crippen LogP contribution in [0, 0.1) is 0 Å². The fraction of sp³-hybridized carbons (Fsp3) is 0.333. The second-order valence-electron chi connectivity index (χ2n) is 4.52. The van der Waals surface area contributed by atoms with Crippen molar-refractivity contribution in [1.29, 1.82) is 0 Å². The number of rotatable bonds is 7. The SMILES string of the molecule is CNCCCNCc1ccc(-c2ccc(Br)cc2Cl)o1. The van der Waals surface area contributed by atoms with Gasteiger partial charge in [0.25, 0.3) is 0 Å². The summed E-state index contributed by atoms with van der Waals surface area (Å²) in [6, 6.07) is 9.72. The van der Waals surface area contributed by atoms with Crippen molar-refractivity contribution in [2.75, 3.05) is 20.1 Å². The molecule has 1 heterocycles. The number of nitrogens with one attached hydrogen (secondary N) is 2. The van der Waals surface area contributed by atoms with E-state index < -0.39 is 0 Å². The molecule has 0 bridgehead atoms. The Kier molecular flexibility index (Phi) is 6.10. The Labute approximate surface area is 132 Å². The summed E-state index contributed by atoms with van der Waals surface area (Å²) in [5.74, 6) is 1.72. The molecule has 1 aromatic carbocycles. The van der Waals surface area contributed by atoms with Gasteiger partial charge in [-0.1, -0.05) is 27.5 Å². The predicted octanol–water partition coefficient (Wildman–Crippen LogP) is 4.06. The Morgan fingerprint density at radius 2 is 2.05 bits per heavy atom. The van der Waals surface area contributed by atoms with Gasteiger partial charge in [-0.3, -0.25) is 0 Å². The first-order valence-electron chi connectivity index (χ1n) is 6.60. The summed E-state index contributed by atoms with van der Waals surface area (Å²) >= 11 is 9.62. The Bertz CT molecular complexity index is 557. The van der Waals surface area contributed by atoms with Crippen LogP contribution in [-0.4, -0.2) is 20.1 Å². The van der Waals surface area contributed by atoms with Crippen molar-refractivity contribution in [2.45, 2.75) is 13.0 Å². The van der Waals surface area contributed by atoms with E-state index in [4.69, 9.17) is 16.0 Å². The molecule has 0 radical (unpaired) electrons. The average Bonchev–Trinajstić information content (AvgIpc) is 2.87. The van der Waals surface area contributed by atoms with E-state index >= 15 is 0 Å². The van der Waals surface area contributed by atoms with Crippen molar-refractivity contribution in [3.63, 3.8) is 0 Å². The number of benzene rings is 1. The van der Waals surface area contributed by atoms with Crippen LogP contribution < -0.4 is 10.6 Å². The second kappa shape index (κ2) is 7.84. The average molecular weight is 358 g/mol. The van der Waals surface area contributed by atoms with Crippen LogP contribution in [0.25, 0.3) is 11.3 Å². The summed E-state index contributed by atoms with van der Waals surface area (Å²) in [7, 11) is 1.96. The normalized spacial score (nSPS) is 10.9. The van der Waals surface area contributed by atoms with Gasteiger partial charge in [-0.2, -0.15) is 0 Å². The molecule has 0 aliphatic rings. The van der Waals surface area contributed by atoms with Gasteiger partial charge in [0, 0.05) is 10.0 Å². The maximum atomic E-state index is 6.22. The van der Waals surface area contributed by atoms with Crippen molar-refractivity contribution in [3.8, 4) is 11.3 Å². The summed E-state index contributed by atoms with van der Waals surface area (Å²) in [5, 5.41) is 7.15. The van der Waals surface area contributed by atoms with E-state index in [0.717, 1.165) is 47.6 Å². The van der Waals surface area contributed by atoms with Gasteiger partial charge in [-0.05, 0) is 56.9 Å². The topological polar surface area (TPSA) is 37.2 Å². The molecule has 0 fully saturated rings. The van der Waals surface area contributed by atoms with Crippen LogP contribution in [0.3, 0.4) is 0 Å². The highest BCUT2D eigenvalue weighted by atomic mass is 79.9. The Morgan fingerprint density at radius 3 is 2.80 bits per heavy atom. The quantitative estimate of drug-likeness (QED) is 0.734. The molecule has 2 rings (SSSR count). The van der Waals surface area contributed by atoms with Crippen molar-refractivity contribution >= 4 is 27.5 Å². The number of halogens is 2. The highest BCUT2D eigenvalue weighted by Crippen LogP contribution is 2.31. The summed E-state index contributed by atoms with van der Waals surface area (Å²) in [6.07, 6.45) is 1.10. The molecule has 0 aliphatic heterocycles. The van der Waals surface area contributed by atoms with E-state index in [9.17, 15) is 0 Å². The maximum absolute atomic E-state index is 6.22. The van der Waals surface area contributed by atoms with Gasteiger partial charge >= 0.3 is 0 Å². The largest absolute Gasteiger partial charge is 0.460 e. The predicted molar refractivity (Wildman–Crippen MR) is 87.1 cm³/mol. The third-order valence-corrected chi connectivity index (χ3v) is 3.74. The maximum Gasteiger partial charge on any atom is 0.135 e. The fourth-order valence-corrected chi connectivity index (χ4v) is 2.68. The van der Waals surface area contributed by atoms with Crippen LogP contribution in [0.15, 0.2) is 39.2 Å². The van der Waals surface area contributed by atoms with Crippen molar-refractivity contribution in [3.05, 3.63) is 45.6 Å². The molecule has 0 amide bonds. The molecule has 2 aromatic rings. The van der Waals surface area contributed by atoms with Crippen molar-refractivity contribution < 1.29 is 4.42 Å². The van der Waals surface area contributed by atoms with E-state index in [0.29, 0.717) is 5.02 Å². The van der Waals surface area contributed by atoms with Crippen LogP contribution >= 0.6 is 27.5 Å². The van der Waals surface area contributed by atoms with Gasteiger partial charge in [0.15, 0.2) is 0 Å². The monoisotopic (exact) mass is 356 g/mol. The second-order valence-corrected chi connectivity index (χ2v) is 5.85. The Balaban J connectivity index is 1.95. The smallest absolute Gasteiger partial charge is 0.135 e. The minimum Gasteiger partial charge on any atom is -0.460 e. The van der Waals surface area contributed by atoms with Gasteiger partial charge < -0.3 is 15.1 Å². The van der Waals surface area contributed by atoms with Crippen molar-refractivity contribution in [1.82, 2.24) is 10.6 Å². The molecule has 0 atom stereocenters. The third kappa shape index (κ3) is 4.35. The molecule has 3 nitrogen and oxygen atoms in total. The van der Waals surface area contributed by atoms with E-state index in [1.165, 1.54) is 0 Å². The summed E-state index contributed by atoms with van der Waals surface area (Å²) in [4.78, 5) is 0. The van der Waals surface area contributed by atoms with E-state index in [-0.39, 0.29) is 0 Å². The Hall–Kier alpha value is -0.810. The molecule has 2 N–H and O–H groups in total. The van der Waals surface area contributed by atoms with Gasteiger partial charge in [0.1, 0.15) is 11.5 Å². The molecule has 0 aliphatic carbocycles. The first-order chi connectivity index (χ1) is 9.70. The van der Waals surface area contributed by atoms with Gasteiger partial charge in [-0.25, -0.2) is 0 Å². The zero-order chi connectivity index (χ0) is 14.4. The lowest BCUT2D eigenvalue weighted by Gasteiger charge is -2.03. The lowest BCUT2D eigenvalue weighted by molar-refractivity contribution is 0.490. The van der Waals surface area contributed by atoms with Gasteiger partial charge in [0.2, 0.25) is 0 Å². The van der Waals surface area contributed by atoms with E-state index in [1.54, 1.807) is 0 Å². The molecule has 0 saturated carbocycles. The molecule has 0 unspecified atom stereocenters. The highest BCUT2D eigenvalue weighted by molar-refractivity contribution is 9.10. The molecular formula is C15H18BrClN2O. The number of hydrogen-bond donors (Lipinski definition) is 2. The van der Waals surface area contributed by atoms with Crippen LogP contribution in [0.2, 0.25) is 5.02 Å². The van der Waals surface area contributed by atoms with Gasteiger partial charge in [-0.15, -0.1) is 0 Å². The molecule has 1 aromatic heterocycles. The summed E-state index contributed by atoms with van der Waals surface area (Å²) in [5.41, 5.74) is 0.913. The van der Waals surface area contributed by atoms with Crippen LogP contribution in [0.1, 0.15) is 12.2 Å². The standard InChI is InChI=1S/C15H18BrClN2O/c1-18-7-2-8-19-10-12-4-6-15(20-12)13-5-3-11(16)9-14(13)17/h3-6,9,18-19H,2,7-8,10H2,1H3. The zero-order valence-corrected chi connectivity index (χ0v) is 13.7. The summed E-state index contributed by atoms with van der Waals surface area (Å²) in [6.45, 7) is 2.72. The Morgan fingerprint density at radius 1 is 1.20 bits per heavy atom. The molecule has 0 saturated heterocycles. The molecule has 108 valence electrons. The molecule has 5 heteroatoms. The fourth-order valence-electron chi connectivity index (χ4n) is 1.91. The first kappa shape index (κ1) is 15.6. The minimum atomic E-state index is 0.683. The van der Waals surface area contributed by atoms with Crippen LogP contribution in [-0.2, 0) is 6.54 Å². The molecular weight excluding hydrogens is 340 g/mol. The summed E-state index contributed by atoms with van der Waals surface area (Å²) < 4.78 is 6.78. The molecule has 20 heavy (non-hydrogen) atoms. The van der Waals surface area contributed by atoms with Gasteiger partial charge in [0.05, 0.1) is 11.6 Å². The lowest BCUT2D eigenvalue weighted by Crippen LogP contribution is -2.19. The van der Waals surface area contributed by atoms with Crippen LogP contribution in [0.5, 0.6) is 0 Å². The minimum absolute atomic E-state index is 0.683. The van der Waals surface area contributed by atoms with Crippen molar-refractivity contribution in [2.24, 2.45) is 0 Å². The lowest BCUT2D eigenvalue weighted by atomic mass is 10.2. The van der Waals surface area contributed by atoms with E-state index in [2.05, 4.69) is 26.6 Å². The first-order valence-corrected chi connectivity index (χ1v) is 7.77. The number of furan rings is 1.